The SMILES string of the molecule is CCCCc1ccc(C(=O)CCNC)cc1. The Bertz CT molecular complexity index is 316. The Hall–Kier alpha value is -1.15. The molecule has 1 rings (SSSR count). The quantitative estimate of drug-likeness (QED) is 0.714. The number of unbranched alkanes of at least 4 members (excludes halogenated alkanes) is 1. The van der Waals surface area contributed by atoms with Crippen molar-refractivity contribution in [2.45, 2.75) is 32.6 Å². The lowest BCUT2D eigenvalue weighted by atomic mass is 10.0. The average Bonchev–Trinajstić information content (AvgIpc) is 2.34. The molecule has 0 bridgehead atoms. The lowest BCUT2D eigenvalue weighted by molar-refractivity contribution is 0.0983. The Morgan fingerprint density at radius 3 is 2.50 bits per heavy atom. The van der Waals surface area contributed by atoms with Crippen molar-refractivity contribution in [1.82, 2.24) is 5.32 Å². The average molecular weight is 219 g/mol. The van der Waals surface area contributed by atoms with Crippen LogP contribution >= 0.6 is 0 Å². The molecule has 0 aromatic heterocycles. The smallest absolute Gasteiger partial charge is 0.164 e. The lowest BCUT2D eigenvalue weighted by Crippen LogP contribution is -2.12. The van der Waals surface area contributed by atoms with Crippen LogP contribution in [0.25, 0.3) is 0 Å². The molecule has 1 aromatic rings. The number of carbonyl (C=O) groups is 1. The maximum absolute atomic E-state index is 11.7. The molecule has 2 heteroatoms. The number of ketones is 1. The van der Waals surface area contributed by atoms with E-state index < -0.39 is 0 Å². The fourth-order valence-electron chi connectivity index (χ4n) is 1.62. The van der Waals surface area contributed by atoms with Crippen LogP contribution in [0, 0.1) is 0 Å². The molecule has 2 nitrogen and oxygen atoms in total. The second-order valence-corrected chi connectivity index (χ2v) is 4.08. The van der Waals surface area contributed by atoms with Gasteiger partial charge in [-0.3, -0.25) is 4.79 Å². The van der Waals surface area contributed by atoms with Crippen molar-refractivity contribution < 1.29 is 4.79 Å². The highest BCUT2D eigenvalue weighted by Gasteiger charge is 2.04. The van der Waals surface area contributed by atoms with Crippen molar-refractivity contribution in [1.29, 1.82) is 0 Å². The molecule has 16 heavy (non-hydrogen) atoms. The maximum Gasteiger partial charge on any atom is 0.164 e. The van der Waals surface area contributed by atoms with Gasteiger partial charge < -0.3 is 5.32 Å². The first-order valence-corrected chi connectivity index (χ1v) is 6.04. The summed E-state index contributed by atoms with van der Waals surface area (Å²) >= 11 is 0. The van der Waals surface area contributed by atoms with E-state index in [9.17, 15) is 4.79 Å². The van der Waals surface area contributed by atoms with Gasteiger partial charge in [-0.25, -0.2) is 0 Å². The van der Waals surface area contributed by atoms with Gasteiger partial charge in [0, 0.05) is 18.5 Å². The Morgan fingerprint density at radius 2 is 1.94 bits per heavy atom. The van der Waals surface area contributed by atoms with Crippen molar-refractivity contribution in [3.05, 3.63) is 35.4 Å². The third-order valence-electron chi connectivity index (χ3n) is 2.70. The summed E-state index contributed by atoms with van der Waals surface area (Å²) in [4.78, 5) is 11.7. The molecular weight excluding hydrogens is 198 g/mol. The van der Waals surface area contributed by atoms with E-state index in [1.165, 1.54) is 18.4 Å². The van der Waals surface area contributed by atoms with Crippen LogP contribution < -0.4 is 5.32 Å². The summed E-state index contributed by atoms with van der Waals surface area (Å²) in [6, 6.07) is 8.04. The van der Waals surface area contributed by atoms with Crippen LogP contribution in [0.4, 0.5) is 0 Å². The van der Waals surface area contributed by atoms with E-state index >= 15 is 0 Å². The standard InChI is InChI=1S/C14H21NO/c1-3-4-5-12-6-8-13(9-7-12)14(16)10-11-15-2/h6-9,15H,3-5,10-11H2,1-2H3. The Morgan fingerprint density at radius 1 is 1.25 bits per heavy atom. The van der Waals surface area contributed by atoms with Crippen molar-refractivity contribution in [3.63, 3.8) is 0 Å². The van der Waals surface area contributed by atoms with Crippen LogP contribution in [0.15, 0.2) is 24.3 Å². The van der Waals surface area contributed by atoms with Gasteiger partial charge in [0.1, 0.15) is 0 Å². The largest absolute Gasteiger partial charge is 0.319 e. The highest BCUT2D eigenvalue weighted by atomic mass is 16.1. The minimum absolute atomic E-state index is 0.219. The van der Waals surface area contributed by atoms with Crippen molar-refractivity contribution in [2.75, 3.05) is 13.6 Å². The van der Waals surface area contributed by atoms with Gasteiger partial charge in [0.25, 0.3) is 0 Å². The van der Waals surface area contributed by atoms with Gasteiger partial charge in [0.15, 0.2) is 5.78 Å². The molecule has 0 aliphatic heterocycles. The number of nitrogens with one attached hydrogen (secondary N) is 1. The van der Waals surface area contributed by atoms with Gasteiger partial charge in [-0.05, 0) is 25.5 Å². The zero-order valence-corrected chi connectivity index (χ0v) is 10.3. The van der Waals surface area contributed by atoms with Crippen LogP contribution in [0.2, 0.25) is 0 Å². The number of hydrogen-bond acceptors (Lipinski definition) is 2. The molecule has 0 unspecified atom stereocenters. The second kappa shape index (κ2) is 7.18. The molecule has 1 aromatic carbocycles. The Labute approximate surface area is 98.1 Å². The predicted octanol–water partition coefficient (Wildman–Crippen LogP) is 2.82. The Kier molecular flexibility index (Phi) is 5.79. The second-order valence-electron chi connectivity index (χ2n) is 4.08. The van der Waals surface area contributed by atoms with Gasteiger partial charge in [0.2, 0.25) is 0 Å². The van der Waals surface area contributed by atoms with Crippen molar-refractivity contribution in [2.24, 2.45) is 0 Å². The van der Waals surface area contributed by atoms with Gasteiger partial charge >= 0.3 is 0 Å². The van der Waals surface area contributed by atoms with E-state index in [2.05, 4.69) is 24.4 Å². The van der Waals surface area contributed by atoms with Gasteiger partial charge in [-0.2, -0.15) is 0 Å². The third-order valence-corrected chi connectivity index (χ3v) is 2.70. The highest BCUT2D eigenvalue weighted by molar-refractivity contribution is 5.96. The normalized spacial score (nSPS) is 10.4. The van der Waals surface area contributed by atoms with Gasteiger partial charge in [-0.1, -0.05) is 37.6 Å². The van der Waals surface area contributed by atoms with Crippen LogP contribution in [0.3, 0.4) is 0 Å². The summed E-state index contributed by atoms with van der Waals surface area (Å²) in [5.41, 5.74) is 2.16. The fourth-order valence-corrected chi connectivity index (χ4v) is 1.62. The third kappa shape index (κ3) is 4.15. The van der Waals surface area contributed by atoms with E-state index in [0.29, 0.717) is 6.42 Å². The molecule has 0 heterocycles. The summed E-state index contributed by atoms with van der Waals surface area (Å²) in [6.45, 7) is 2.94. The molecule has 0 aliphatic rings. The van der Waals surface area contributed by atoms with Crippen LogP contribution in [-0.4, -0.2) is 19.4 Å². The number of aryl methyl sites for hydroxylation is 1. The van der Waals surface area contributed by atoms with Gasteiger partial charge in [-0.15, -0.1) is 0 Å². The van der Waals surface area contributed by atoms with E-state index in [4.69, 9.17) is 0 Å². The zero-order chi connectivity index (χ0) is 11.8. The van der Waals surface area contributed by atoms with Crippen molar-refractivity contribution >= 4 is 5.78 Å². The number of carbonyl (C=O) groups excluding carboxylic acids is 1. The first kappa shape index (κ1) is 12.9. The zero-order valence-electron chi connectivity index (χ0n) is 10.3. The topological polar surface area (TPSA) is 29.1 Å². The number of Topliss-reactive ketones (excluding diaryl/α,β-unsaturated/α-hetero) is 1. The lowest BCUT2D eigenvalue weighted by Gasteiger charge is -2.03. The molecule has 0 atom stereocenters. The number of rotatable bonds is 7. The molecule has 88 valence electrons. The van der Waals surface area contributed by atoms with E-state index in [1.807, 2.05) is 19.2 Å². The number of benzene rings is 1. The summed E-state index contributed by atoms with van der Waals surface area (Å²) < 4.78 is 0. The fraction of sp³-hybridized carbons (Fsp3) is 0.500. The molecule has 0 fully saturated rings. The maximum atomic E-state index is 11.7. The van der Waals surface area contributed by atoms with Crippen LogP contribution in [0.1, 0.15) is 42.1 Å². The first-order chi connectivity index (χ1) is 7.77. The van der Waals surface area contributed by atoms with Gasteiger partial charge in [0.05, 0.1) is 0 Å². The van der Waals surface area contributed by atoms with E-state index in [-0.39, 0.29) is 5.78 Å². The molecule has 0 amide bonds. The molecule has 0 aliphatic carbocycles. The molecule has 1 N–H and O–H groups in total. The molecule has 0 saturated carbocycles. The van der Waals surface area contributed by atoms with Crippen molar-refractivity contribution in [3.8, 4) is 0 Å². The summed E-state index contributed by atoms with van der Waals surface area (Å²) in [5.74, 6) is 0.219. The molecule has 0 radical (unpaired) electrons. The minimum atomic E-state index is 0.219. The molecule has 0 saturated heterocycles. The first-order valence-electron chi connectivity index (χ1n) is 6.04. The molecular formula is C14H21NO. The Balaban J connectivity index is 2.53. The van der Waals surface area contributed by atoms with Crippen LogP contribution in [0.5, 0.6) is 0 Å². The minimum Gasteiger partial charge on any atom is -0.319 e. The highest BCUT2D eigenvalue weighted by Crippen LogP contribution is 2.09. The predicted molar refractivity (Wildman–Crippen MR) is 67.9 cm³/mol. The summed E-state index contributed by atoms with van der Waals surface area (Å²) in [6.07, 6.45) is 4.11. The van der Waals surface area contributed by atoms with Crippen LogP contribution in [-0.2, 0) is 6.42 Å². The van der Waals surface area contributed by atoms with E-state index in [1.54, 1.807) is 0 Å². The molecule has 0 spiro atoms. The summed E-state index contributed by atoms with van der Waals surface area (Å²) in [7, 11) is 1.86. The number of hydrogen-bond donors (Lipinski definition) is 1. The monoisotopic (exact) mass is 219 g/mol. The van der Waals surface area contributed by atoms with E-state index in [0.717, 1.165) is 18.5 Å². The summed E-state index contributed by atoms with van der Waals surface area (Å²) in [5, 5.41) is 2.99.